The molecule has 0 spiro atoms. The Morgan fingerprint density at radius 2 is 2.12 bits per heavy atom. The third-order valence-electron chi connectivity index (χ3n) is 5.24. The first-order chi connectivity index (χ1) is 7.86. The number of hydrogen-bond acceptors (Lipinski definition) is 2. The van der Waals surface area contributed by atoms with Gasteiger partial charge in [-0.25, -0.2) is 0 Å². The lowest BCUT2D eigenvalue weighted by Gasteiger charge is -2.52. The normalized spacial score (nSPS) is 46.5. The van der Waals surface area contributed by atoms with Crippen molar-refractivity contribution < 1.29 is 9.90 Å². The summed E-state index contributed by atoms with van der Waals surface area (Å²) in [6.45, 7) is 10.1. The Morgan fingerprint density at radius 1 is 1.47 bits per heavy atom. The number of ketones is 1. The van der Waals surface area contributed by atoms with Crippen LogP contribution in [0.3, 0.4) is 0 Å². The molecule has 0 saturated heterocycles. The highest BCUT2D eigenvalue weighted by atomic mass is 16.3. The molecule has 0 amide bonds. The molecule has 2 fully saturated rings. The SMILES string of the molecule is C=C(C)[C@H]1CC[C@]2(O)[C@H](C)CC(=O)[C@@H](C)[C@H]2C1. The third kappa shape index (κ3) is 1.97. The van der Waals surface area contributed by atoms with Gasteiger partial charge in [0.2, 0.25) is 0 Å². The molecule has 2 rings (SSSR count). The standard InChI is InChI=1S/C15H24O2/c1-9(2)12-5-6-15(17)10(3)7-14(16)11(4)13(15)8-12/h10-13,17H,1,5-8H2,2-4H3/t10-,11+,12+,13-,15+/m1/s1. The van der Waals surface area contributed by atoms with Gasteiger partial charge in [-0.15, -0.1) is 0 Å². The summed E-state index contributed by atoms with van der Waals surface area (Å²) < 4.78 is 0. The van der Waals surface area contributed by atoms with Crippen LogP contribution in [0.1, 0.15) is 46.5 Å². The molecule has 2 aliphatic rings. The molecular weight excluding hydrogens is 212 g/mol. The minimum Gasteiger partial charge on any atom is -0.389 e. The third-order valence-corrected chi connectivity index (χ3v) is 5.24. The van der Waals surface area contributed by atoms with E-state index in [9.17, 15) is 9.90 Å². The van der Waals surface area contributed by atoms with E-state index in [1.54, 1.807) is 0 Å². The minimum absolute atomic E-state index is 0.0124. The Bertz CT molecular complexity index is 347. The number of Topliss-reactive ketones (excluding diaryl/α,β-unsaturated/α-hetero) is 1. The summed E-state index contributed by atoms with van der Waals surface area (Å²) in [4.78, 5) is 11.9. The topological polar surface area (TPSA) is 37.3 Å². The molecule has 0 unspecified atom stereocenters. The van der Waals surface area contributed by atoms with Crippen molar-refractivity contribution in [2.24, 2.45) is 23.7 Å². The van der Waals surface area contributed by atoms with Crippen LogP contribution >= 0.6 is 0 Å². The van der Waals surface area contributed by atoms with Crippen molar-refractivity contribution in [3.8, 4) is 0 Å². The van der Waals surface area contributed by atoms with Crippen molar-refractivity contribution in [3.05, 3.63) is 12.2 Å². The Morgan fingerprint density at radius 3 is 2.71 bits per heavy atom. The largest absolute Gasteiger partial charge is 0.389 e. The predicted octanol–water partition coefficient (Wildman–Crippen LogP) is 2.95. The van der Waals surface area contributed by atoms with Crippen LogP contribution < -0.4 is 0 Å². The molecular formula is C15H24O2. The molecule has 2 heteroatoms. The fourth-order valence-corrected chi connectivity index (χ4v) is 3.80. The Labute approximate surface area is 104 Å². The van der Waals surface area contributed by atoms with Gasteiger partial charge in [-0.05, 0) is 43.9 Å². The second kappa shape index (κ2) is 4.24. The molecule has 0 aliphatic heterocycles. The molecule has 0 aromatic heterocycles. The van der Waals surface area contributed by atoms with Gasteiger partial charge < -0.3 is 5.11 Å². The minimum atomic E-state index is -0.612. The number of aliphatic hydroxyl groups is 1. The number of rotatable bonds is 1. The Balaban J connectivity index is 2.25. The van der Waals surface area contributed by atoms with Gasteiger partial charge in [0.25, 0.3) is 0 Å². The van der Waals surface area contributed by atoms with Gasteiger partial charge in [0.05, 0.1) is 5.60 Å². The van der Waals surface area contributed by atoms with Crippen molar-refractivity contribution in [1.29, 1.82) is 0 Å². The van der Waals surface area contributed by atoms with E-state index in [2.05, 4.69) is 13.5 Å². The average molecular weight is 236 g/mol. The zero-order valence-electron chi connectivity index (χ0n) is 11.2. The summed E-state index contributed by atoms with van der Waals surface area (Å²) in [5, 5.41) is 10.9. The first-order valence-electron chi connectivity index (χ1n) is 6.76. The van der Waals surface area contributed by atoms with Crippen molar-refractivity contribution >= 4 is 5.78 Å². The van der Waals surface area contributed by atoms with Gasteiger partial charge in [-0.3, -0.25) is 4.79 Å². The first-order valence-corrected chi connectivity index (χ1v) is 6.76. The van der Waals surface area contributed by atoms with E-state index in [1.807, 2.05) is 13.8 Å². The molecule has 96 valence electrons. The number of hydrogen-bond donors (Lipinski definition) is 1. The van der Waals surface area contributed by atoms with Crippen LogP contribution in [0.4, 0.5) is 0 Å². The molecule has 17 heavy (non-hydrogen) atoms. The lowest BCUT2D eigenvalue weighted by atomic mass is 9.56. The summed E-state index contributed by atoms with van der Waals surface area (Å²) in [6, 6.07) is 0. The first kappa shape index (κ1) is 12.8. The summed E-state index contributed by atoms with van der Waals surface area (Å²) in [5.41, 5.74) is 0.587. The van der Waals surface area contributed by atoms with Gasteiger partial charge in [-0.1, -0.05) is 26.0 Å². The van der Waals surface area contributed by atoms with Gasteiger partial charge in [-0.2, -0.15) is 0 Å². The number of carbonyl (C=O) groups is 1. The van der Waals surface area contributed by atoms with Gasteiger partial charge >= 0.3 is 0 Å². The molecule has 2 aliphatic carbocycles. The van der Waals surface area contributed by atoms with Crippen LogP contribution in [0.5, 0.6) is 0 Å². The van der Waals surface area contributed by atoms with E-state index in [1.165, 1.54) is 5.57 Å². The Kier molecular flexibility index (Phi) is 3.19. The highest BCUT2D eigenvalue weighted by Gasteiger charge is 2.52. The van der Waals surface area contributed by atoms with Gasteiger partial charge in [0, 0.05) is 12.3 Å². The van der Waals surface area contributed by atoms with Crippen LogP contribution in [0.15, 0.2) is 12.2 Å². The highest BCUT2D eigenvalue weighted by molar-refractivity contribution is 5.82. The van der Waals surface area contributed by atoms with E-state index in [4.69, 9.17) is 0 Å². The number of allylic oxidation sites excluding steroid dienone is 1. The number of fused-ring (bicyclic) bond motifs is 1. The maximum absolute atomic E-state index is 11.9. The van der Waals surface area contributed by atoms with Crippen molar-refractivity contribution in [2.45, 2.75) is 52.1 Å². The molecule has 2 nitrogen and oxygen atoms in total. The summed E-state index contributed by atoms with van der Waals surface area (Å²) in [5.74, 6) is 1.07. The fraction of sp³-hybridized carbons (Fsp3) is 0.800. The molecule has 0 radical (unpaired) electrons. The lowest BCUT2D eigenvalue weighted by molar-refractivity contribution is -0.160. The van der Waals surface area contributed by atoms with Gasteiger partial charge in [0.1, 0.15) is 5.78 Å². The van der Waals surface area contributed by atoms with Crippen molar-refractivity contribution in [2.75, 3.05) is 0 Å². The van der Waals surface area contributed by atoms with Crippen LogP contribution in [0, 0.1) is 23.7 Å². The molecule has 0 heterocycles. The zero-order valence-corrected chi connectivity index (χ0v) is 11.2. The van der Waals surface area contributed by atoms with Crippen LogP contribution in [0.25, 0.3) is 0 Å². The molecule has 5 atom stereocenters. The summed E-state index contributed by atoms with van der Waals surface area (Å²) in [6.07, 6.45) is 3.33. The quantitative estimate of drug-likeness (QED) is 0.711. The second-order valence-electron chi connectivity index (χ2n) is 6.28. The van der Waals surface area contributed by atoms with Gasteiger partial charge in [0.15, 0.2) is 0 Å². The Hall–Kier alpha value is -0.630. The van der Waals surface area contributed by atoms with Crippen molar-refractivity contribution in [3.63, 3.8) is 0 Å². The van der Waals surface area contributed by atoms with E-state index in [-0.39, 0.29) is 17.8 Å². The van der Waals surface area contributed by atoms with E-state index < -0.39 is 5.60 Å². The number of carbonyl (C=O) groups excluding carboxylic acids is 1. The molecule has 0 bridgehead atoms. The molecule has 1 N–H and O–H groups in total. The van der Waals surface area contributed by atoms with E-state index in [0.717, 1.165) is 19.3 Å². The van der Waals surface area contributed by atoms with E-state index in [0.29, 0.717) is 18.1 Å². The highest BCUT2D eigenvalue weighted by Crippen LogP contribution is 2.50. The van der Waals surface area contributed by atoms with Crippen LogP contribution in [0.2, 0.25) is 0 Å². The van der Waals surface area contributed by atoms with Crippen molar-refractivity contribution in [1.82, 2.24) is 0 Å². The monoisotopic (exact) mass is 236 g/mol. The average Bonchev–Trinajstić information content (AvgIpc) is 2.26. The molecule has 2 saturated carbocycles. The van der Waals surface area contributed by atoms with Crippen LogP contribution in [-0.4, -0.2) is 16.5 Å². The summed E-state index contributed by atoms with van der Waals surface area (Å²) >= 11 is 0. The molecule has 0 aromatic rings. The maximum Gasteiger partial charge on any atom is 0.136 e. The zero-order chi connectivity index (χ0) is 12.8. The molecule has 0 aromatic carbocycles. The van der Waals surface area contributed by atoms with Crippen LogP contribution in [-0.2, 0) is 4.79 Å². The predicted molar refractivity (Wildman–Crippen MR) is 68.5 cm³/mol. The van der Waals surface area contributed by atoms with E-state index >= 15 is 0 Å². The summed E-state index contributed by atoms with van der Waals surface area (Å²) in [7, 11) is 0. The maximum atomic E-state index is 11.9. The second-order valence-corrected chi connectivity index (χ2v) is 6.28. The fourth-order valence-electron chi connectivity index (χ4n) is 3.80. The smallest absolute Gasteiger partial charge is 0.136 e. The lowest BCUT2D eigenvalue weighted by Crippen LogP contribution is -2.56.